The van der Waals surface area contributed by atoms with Crippen molar-refractivity contribution in [2.24, 2.45) is 4.99 Å². The first-order valence-corrected chi connectivity index (χ1v) is 7.82. The average Bonchev–Trinajstić information content (AvgIpc) is 2.32. The summed E-state index contributed by atoms with van der Waals surface area (Å²) in [5.74, 6) is 0.793. The second-order valence-electron chi connectivity index (χ2n) is 5.29. The predicted octanol–water partition coefficient (Wildman–Crippen LogP) is 1.83. The van der Waals surface area contributed by atoms with Crippen LogP contribution in [0.15, 0.2) is 4.99 Å². The summed E-state index contributed by atoms with van der Waals surface area (Å²) in [7, 11) is 1.73. The van der Waals surface area contributed by atoms with Crippen LogP contribution in [0.5, 0.6) is 0 Å². The van der Waals surface area contributed by atoms with Gasteiger partial charge in [0.05, 0.1) is 0 Å². The van der Waals surface area contributed by atoms with Crippen LogP contribution >= 0.6 is 35.7 Å². The Kier molecular flexibility index (Phi) is 12.7. The summed E-state index contributed by atoms with van der Waals surface area (Å²) in [6.07, 6.45) is 2.54. The number of amides is 1. The molecular formula is C13H29IN4OS. The molecule has 120 valence electrons. The summed E-state index contributed by atoms with van der Waals surface area (Å²) in [6, 6.07) is 0.187. The van der Waals surface area contributed by atoms with E-state index in [4.69, 9.17) is 0 Å². The lowest BCUT2D eigenvalue weighted by Crippen LogP contribution is -2.44. The number of carbonyl (C=O) groups excluding carboxylic acids is 1. The molecule has 0 aromatic carbocycles. The van der Waals surface area contributed by atoms with Gasteiger partial charge in [-0.2, -0.15) is 11.8 Å². The monoisotopic (exact) mass is 416 g/mol. The van der Waals surface area contributed by atoms with Gasteiger partial charge in [-0.25, -0.2) is 0 Å². The standard InChI is InChI=1S/C13H28N4OS.HI/c1-10(2)17-11(18)7-8-15-12(14-5)16-9-13(3,4)19-6;/h10H,7-9H2,1-6H3,(H,17,18)(H2,14,15,16);1H. The normalized spacial score (nSPS) is 11.8. The van der Waals surface area contributed by atoms with Gasteiger partial charge in [-0.15, -0.1) is 24.0 Å². The zero-order valence-electron chi connectivity index (χ0n) is 13.4. The van der Waals surface area contributed by atoms with Crippen LogP contribution in [0, 0.1) is 0 Å². The van der Waals surface area contributed by atoms with E-state index in [9.17, 15) is 4.79 Å². The molecule has 0 unspecified atom stereocenters. The molecule has 0 atom stereocenters. The minimum Gasteiger partial charge on any atom is -0.356 e. The Morgan fingerprint density at radius 3 is 2.35 bits per heavy atom. The van der Waals surface area contributed by atoms with Gasteiger partial charge < -0.3 is 16.0 Å². The van der Waals surface area contributed by atoms with Crippen molar-refractivity contribution in [3.8, 4) is 0 Å². The van der Waals surface area contributed by atoms with Crippen LogP contribution < -0.4 is 16.0 Å². The number of nitrogens with zero attached hydrogens (tertiary/aromatic N) is 1. The van der Waals surface area contributed by atoms with Gasteiger partial charge in [0.2, 0.25) is 5.91 Å². The van der Waals surface area contributed by atoms with Gasteiger partial charge in [-0.1, -0.05) is 0 Å². The van der Waals surface area contributed by atoms with Crippen LogP contribution in [0.1, 0.15) is 34.1 Å². The topological polar surface area (TPSA) is 65.5 Å². The molecule has 0 aliphatic carbocycles. The van der Waals surface area contributed by atoms with E-state index in [2.05, 4.69) is 41.0 Å². The molecule has 0 rings (SSSR count). The van der Waals surface area contributed by atoms with Crippen molar-refractivity contribution in [2.45, 2.75) is 44.9 Å². The van der Waals surface area contributed by atoms with E-state index in [1.54, 1.807) is 18.8 Å². The van der Waals surface area contributed by atoms with Crippen LogP contribution in [0.2, 0.25) is 0 Å². The lowest BCUT2D eigenvalue weighted by molar-refractivity contribution is -0.121. The lowest BCUT2D eigenvalue weighted by atomic mass is 10.2. The Hall–Kier alpha value is -0.180. The third-order valence-corrected chi connectivity index (χ3v) is 3.80. The van der Waals surface area contributed by atoms with Crippen LogP contribution in [-0.4, -0.2) is 49.0 Å². The largest absolute Gasteiger partial charge is 0.356 e. The van der Waals surface area contributed by atoms with Crippen molar-refractivity contribution in [1.29, 1.82) is 0 Å². The van der Waals surface area contributed by atoms with E-state index >= 15 is 0 Å². The second kappa shape index (κ2) is 11.5. The number of nitrogens with one attached hydrogen (secondary N) is 3. The molecule has 0 fully saturated rings. The molecule has 0 aliphatic rings. The molecule has 0 aromatic rings. The average molecular weight is 416 g/mol. The Balaban J connectivity index is 0. The van der Waals surface area contributed by atoms with Gasteiger partial charge >= 0.3 is 0 Å². The highest BCUT2D eigenvalue weighted by Gasteiger charge is 2.16. The van der Waals surface area contributed by atoms with Crippen molar-refractivity contribution in [3.63, 3.8) is 0 Å². The zero-order valence-corrected chi connectivity index (χ0v) is 16.5. The highest BCUT2D eigenvalue weighted by Crippen LogP contribution is 2.19. The molecule has 0 heterocycles. The summed E-state index contributed by atoms with van der Waals surface area (Å²) < 4.78 is 0.159. The first-order valence-electron chi connectivity index (χ1n) is 6.59. The Bertz CT molecular complexity index is 309. The van der Waals surface area contributed by atoms with Crippen molar-refractivity contribution in [3.05, 3.63) is 0 Å². The van der Waals surface area contributed by atoms with E-state index in [1.807, 2.05) is 13.8 Å². The highest BCUT2D eigenvalue weighted by atomic mass is 127. The Labute approximate surface area is 144 Å². The second-order valence-corrected chi connectivity index (χ2v) is 6.80. The van der Waals surface area contributed by atoms with Gasteiger partial charge in [0.15, 0.2) is 5.96 Å². The van der Waals surface area contributed by atoms with Crippen LogP contribution in [-0.2, 0) is 4.79 Å². The molecule has 0 aromatic heterocycles. The minimum atomic E-state index is 0. The molecule has 0 spiro atoms. The molecule has 0 bridgehead atoms. The number of guanidine groups is 1. The molecule has 1 amide bonds. The number of thioether (sulfide) groups is 1. The van der Waals surface area contributed by atoms with E-state index in [0.29, 0.717) is 13.0 Å². The molecule has 0 aliphatic heterocycles. The van der Waals surface area contributed by atoms with Crippen molar-refractivity contribution in [1.82, 2.24) is 16.0 Å². The Morgan fingerprint density at radius 1 is 1.30 bits per heavy atom. The number of halogens is 1. The number of aliphatic imine (C=N–C) groups is 1. The summed E-state index contributed by atoms with van der Waals surface area (Å²) in [4.78, 5) is 15.6. The molecule has 5 nitrogen and oxygen atoms in total. The maximum atomic E-state index is 11.5. The van der Waals surface area contributed by atoms with Gasteiger partial charge in [0.1, 0.15) is 0 Å². The van der Waals surface area contributed by atoms with Crippen molar-refractivity contribution in [2.75, 3.05) is 26.4 Å². The van der Waals surface area contributed by atoms with E-state index < -0.39 is 0 Å². The van der Waals surface area contributed by atoms with Gasteiger partial charge in [-0.05, 0) is 34.0 Å². The fraction of sp³-hybridized carbons (Fsp3) is 0.846. The first-order chi connectivity index (χ1) is 8.80. The summed E-state index contributed by atoms with van der Waals surface area (Å²) in [6.45, 7) is 9.67. The number of carbonyl (C=O) groups is 1. The number of hydrogen-bond donors (Lipinski definition) is 3. The minimum absolute atomic E-state index is 0. The Morgan fingerprint density at radius 2 is 1.90 bits per heavy atom. The maximum Gasteiger partial charge on any atom is 0.221 e. The molecular weight excluding hydrogens is 387 g/mol. The quantitative estimate of drug-likeness (QED) is 0.337. The fourth-order valence-corrected chi connectivity index (χ4v) is 1.49. The van der Waals surface area contributed by atoms with Crippen LogP contribution in [0.4, 0.5) is 0 Å². The summed E-state index contributed by atoms with van der Waals surface area (Å²) >= 11 is 1.81. The third-order valence-electron chi connectivity index (χ3n) is 2.55. The highest BCUT2D eigenvalue weighted by molar-refractivity contribution is 14.0. The summed E-state index contributed by atoms with van der Waals surface area (Å²) in [5, 5.41) is 9.26. The number of hydrogen-bond acceptors (Lipinski definition) is 3. The summed E-state index contributed by atoms with van der Waals surface area (Å²) in [5.41, 5.74) is 0. The molecule has 0 saturated heterocycles. The first kappa shape index (κ1) is 22.1. The maximum absolute atomic E-state index is 11.5. The molecule has 0 saturated carbocycles. The molecule has 0 radical (unpaired) electrons. The van der Waals surface area contributed by atoms with E-state index in [1.165, 1.54) is 0 Å². The zero-order chi connectivity index (χ0) is 14.9. The van der Waals surface area contributed by atoms with Crippen molar-refractivity contribution >= 4 is 47.6 Å². The van der Waals surface area contributed by atoms with Crippen molar-refractivity contribution < 1.29 is 4.79 Å². The SMILES string of the molecule is CN=C(NCCC(=O)NC(C)C)NCC(C)(C)SC.I. The smallest absolute Gasteiger partial charge is 0.221 e. The van der Waals surface area contributed by atoms with Crippen LogP contribution in [0.3, 0.4) is 0 Å². The molecule has 20 heavy (non-hydrogen) atoms. The van der Waals surface area contributed by atoms with Gasteiger partial charge in [-0.3, -0.25) is 9.79 Å². The van der Waals surface area contributed by atoms with E-state index in [-0.39, 0.29) is 40.7 Å². The van der Waals surface area contributed by atoms with Gasteiger partial charge in [0.25, 0.3) is 0 Å². The molecule has 7 heteroatoms. The van der Waals surface area contributed by atoms with Crippen LogP contribution in [0.25, 0.3) is 0 Å². The van der Waals surface area contributed by atoms with Gasteiger partial charge in [0, 0.05) is 37.3 Å². The number of rotatable bonds is 7. The predicted molar refractivity (Wildman–Crippen MR) is 100 cm³/mol. The lowest BCUT2D eigenvalue weighted by Gasteiger charge is -2.23. The fourth-order valence-electron chi connectivity index (χ4n) is 1.28. The molecule has 3 N–H and O–H groups in total. The third kappa shape index (κ3) is 11.6. The van der Waals surface area contributed by atoms with E-state index in [0.717, 1.165) is 12.5 Å².